The molecule has 11 nitrogen and oxygen atoms in total. The average Bonchev–Trinajstić information content (AvgIpc) is 3.44. The lowest BCUT2D eigenvalue weighted by Gasteiger charge is -2.29. The normalized spacial score (nSPS) is 18.4. The molecule has 11 heteroatoms. The summed E-state index contributed by atoms with van der Waals surface area (Å²) in [5.41, 5.74) is 8.63. The Morgan fingerprint density at radius 2 is 1.94 bits per heavy atom. The Kier molecular flexibility index (Phi) is 5.61. The van der Waals surface area contributed by atoms with Gasteiger partial charge >= 0.3 is 0 Å². The molecule has 1 saturated heterocycles. The van der Waals surface area contributed by atoms with Gasteiger partial charge in [0.05, 0.1) is 12.7 Å². The van der Waals surface area contributed by atoms with Crippen LogP contribution in [0.1, 0.15) is 62.0 Å². The first-order valence-electron chi connectivity index (χ1n) is 11.0. The van der Waals surface area contributed by atoms with Crippen LogP contribution in [0.5, 0.6) is 0 Å². The first kappa shape index (κ1) is 22.4. The monoisotopic (exact) mass is 474 g/mol. The number of carbonyl (C=O) groups is 4. The molecule has 0 radical (unpaired) electrons. The lowest BCUT2D eigenvalue weighted by Crippen LogP contribution is -2.52. The molecule has 2 aliphatic heterocycles. The first-order chi connectivity index (χ1) is 16.8. The largest absolute Gasteiger partial charge is 0.384 e. The fourth-order valence-electron chi connectivity index (χ4n) is 4.59. The molecule has 0 spiro atoms. The number of nitrogens with one attached hydrogen (secondary N) is 1. The standard InChI is InChI=1S/C24H22N6O5/c25-22(33)19-10-26-28-30(19)11-13-4-6-14(7-5-13)21(32)15-2-1-3-16-17(15)12-29(24(16)35)18-8-9-20(31)27-23(18)34/h1-7,10,18,21,32H,8-9,11-12H2,(H2,25,33)(H,27,31,34). The van der Waals surface area contributed by atoms with E-state index in [1.165, 1.54) is 15.8 Å². The van der Waals surface area contributed by atoms with E-state index in [0.29, 0.717) is 22.3 Å². The molecule has 1 aromatic heterocycles. The van der Waals surface area contributed by atoms with Gasteiger partial charge in [0.25, 0.3) is 11.8 Å². The third-order valence-electron chi connectivity index (χ3n) is 6.41. The topological polar surface area (TPSA) is 161 Å². The van der Waals surface area contributed by atoms with E-state index in [4.69, 9.17) is 5.73 Å². The molecule has 3 aromatic rings. The number of rotatable bonds is 6. The van der Waals surface area contributed by atoms with E-state index in [9.17, 15) is 24.3 Å². The first-order valence-corrected chi connectivity index (χ1v) is 11.0. The highest BCUT2D eigenvalue weighted by Crippen LogP contribution is 2.34. The van der Waals surface area contributed by atoms with Crippen LogP contribution in [0.2, 0.25) is 0 Å². The van der Waals surface area contributed by atoms with Gasteiger partial charge in [0.1, 0.15) is 17.8 Å². The molecule has 4 N–H and O–H groups in total. The number of nitrogens with zero attached hydrogens (tertiary/aromatic N) is 4. The lowest BCUT2D eigenvalue weighted by molar-refractivity contribution is -0.136. The maximum Gasteiger partial charge on any atom is 0.268 e. The number of imide groups is 1. The van der Waals surface area contributed by atoms with Crippen LogP contribution in [0.25, 0.3) is 0 Å². The number of fused-ring (bicyclic) bond motifs is 1. The van der Waals surface area contributed by atoms with Crippen LogP contribution >= 0.6 is 0 Å². The zero-order valence-electron chi connectivity index (χ0n) is 18.5. The van der Waals surface area contributed by atoms with Crippen molar-refractivity contribution in [3.05, 3.63) is 82.2 Å². The van der Waals surface area contributed by atoms with Crippen LogP contribution in [-0.4, -0.2) is 54.7 Å². The second-order valence-electron chi connectivity index (χ2n) is 8.56. The summed E-state index contributed by atoms with van der Waals surface area (Å²) in [6.45, 7) is 0.457. The van der Waals surface area contributed by atoms with Gasteiger partial charge in [-0.1, -0.05) is 41.6 Å². The Labute approximate surface area is 199 Å². The van der Waals surface area contributed by atoms with Gasteiger partial charge in [0, 0.05) is 18.5 Å². The lowest BCUT2D eigenvalue weighted by atomic mass is 9.94. The van der Waals surface area contributed by atoms with Crippen molar-refractivity contribution in [1.29, 1.82) is 0 Å². The summed E-state index contributed by atoms with van der Waals surface area (Å²) in [7, 11) is 0. The molecule has 2 aliphatic rings. The van der Waals surface area contributed by atoms with Crippen molar-refractivity contribution < 1.29 is 24.3 Å². The molecule has 2 aromatic carbocycles. The van der Waals surface area contributed by atoms with Gasteiger partial charge in [-0.3, -0.25) is 24.5 Å². The summed E-state index contributed by atoms with van der Waals surface area (Å²) >= 11 is 0. The van der Waals surface area contributed by atoms with Crippen molar-refractivity contribution >= 4 is 23.6 Å². The van der Waals surface area contributed by atoms with Crippen molar-refractivity contribution in [2.24, 2.45) is 5.73 Å². The molecule has 4 amide bonds. The van der Waals surface area contributed by atoms with Gasteiger partial charge in [0.15, 0.2) is 0 Å². The minimum atomic E-state index is -0.999. The second-order valence-corrected chi connectivity index (χ2v) is 8.56. The zero-order chi connectivity index (χ0) is 24.7. The van der Waals surface area contributed by atoms with Crippen molar-refractivity contribution in [2.45, 2.75) is 38.1 Å². The highest BCUT2D eigenvalue weighted by molar-refractivity contribution is 6.05. The predicted molar refractivity (Wildman–Crippen MR) is 121 cm³/mol. The molecule has 2 atom stereocenters. The number of hydrogen-bond donors (Lipinski definition) is 3. The number of aromatic nitrogens is 3. The highest BCUT2D eigenvalue weighted by atomic mass is 16.3. The number of aliphatic hydroxyl groups excluding tert-OH is 1. The minimum Gasteiger partial charge on any atom is -0.384 e. The van der Waals surface area contributed by atoms with Gasteiger partial charge in [-0.2, -0.15) is 0 Å². The number of nitrogens with two attached hydrogens (primary N) is 1. The van der Waals surface area contributed by atoms with Gasteiger partial charge in [0.2, 0.25) is 11.8 Å². The van der Waals surface area contributed by atoms with E-state index in [0.717, 1.165) is 5.56 Å². The summed E-state index contributed by atoms with van der Waals surface area (Å²) < 4.78 is 1.40. The van der Waals surface area contributed by atoms with Crippen LogP contribution in [0.3, 0.4) is 0 Å². The maximum atomic E-state index is 13.0. The van der Waals surface area contributed by atoms with E-state index in [1.54, 1.807) is 42.5 Å². The molecule has 178 valence electrons. The molecular weight excluding hydrogens is 452 g/mol. The van der Waals surface area contributed by atoms with Crippen LogP contribution in [0.4, 0.5) is 0 Å². The molecule has 3 heterocycles. The molecule has 0 saturated carbocycles. The van der Waals surface area contributed by atoms with Crippen molar-refractivity contribution in [1.82, 2.24) is 25.2 Å². The van der Waals surface area contributed by atoms with E-state index in [1.807, 2.05) is 0 Å². The Hall–Kier alpha value is -4.38. The Balaban J connectivity index is 1.36. The fraction of sp³-hybridized carbons (Fsp3) is 0.250. The quantitative estimate of drug-likeness (QED) is 0.432. The minimum absolute atomic E-state index is 0.174. The molecule has 0 aliphatic carbocycles. The summed E-state index contributed by atoms with van der Waals surface area (Å²) in [6, 6.07) is 11.5. The van der Waals surface area contributed by atoms with Crippen LogP contribution < -0.4 is 11.1 Å². The average molecular weight is 474 g/mol. The molecule has 35 heavy (non-hydrogen) atoms. The van der Waals surface area contributed by atoms with Crippen LogP contribution in [0, 0.1) is 0 Å². The SMILES string of the molecule is NC(=O)c1cnnn1Cc1ccc(C(O)c2cccc3c2CN(C2CCC(=O)NC2=O)C3=O)cc1. The predicted octanol–water partition coefficient (Wildman–Crippen LogP) is 0.268. The smallest absolute Gasteiger partial charge is 0.268 e. The third-order valence-corrected chi connectivity index (χ3v) is 6.41. The van der Waals surface area contributed by atoms with E-state index in [-0.39, 0.29) is 43.4 Å². The van der Waals surface area contributed by atoms with E-state index >= 15 is 0 Å². The Morgan fingerprint density at radius 3 is 2.66 bits per heavy atom. The molecule has 1 fully saturated rings. The fourth-order valence-corrected chi connectivity index (χ4v) is 4.59. The van der Waals surface area contributed by atoms with Crippen LogP contribution in [-0.2, 0) is 22.7 Å². The summed E-state index contributed by atoms with van der Waals surface area (Å²) in [6.07, 6.45) is 0.748. The number of aliphatic hydroxyl groups is 1. The number of carbonyl (C=O) groups excluding carboxylic acids is 4. The number of amides is 4. The van der Waals surface area contributed by atoms with Crippen molar-refractivity contribution in [3.8, 4) is 0 Å². The van der Waals surface area contributed by atoms with Gasteiger partial charge in [-0.15, -0.1) is 5.10 Å². The summed E-state index contributed by atoms with van der Waals surface area (Å²) in [5.74, 6) is -1.74. The zero-order valence-corrected chi connectivity index (χ0v) is 18.5. The number of hydrogen-bond acceptors (Lipinski definition) is 7. The van der Waals surface area contributed by atoms with Gasteiger partial charge < -0.3 is 15.7 Å². The van der Waals surface area contributed by atoms with Crippen molar-refractivity contribution in [2.75, 3.05) is 0 Å². The van der Waals surface area contributed by atoms with Crippen LogP contribution in [0.15, 0.2) is 48.7 Å². The molecule has 0 bridgehead atoms. The van der Waals surface area contributed by atoms with E-state index < -0.39 is 24.0 Å². The maximum absolute atomic E-state index is 13.0. The third kappa shape index (κ3) is 4.06. The molecular formula is C24H22N6O5. The van der Waals surface area contributed by atoms with Gasteiger partial charge in [-0.05, 0) is 34.7 Å². The number of piperidine rings is 1. The molecule has 2 unspecified atom stereocenters. The summed E-state index contributed by atoms with van der Waals surface area (Å²) in [4.78, 5) is 49.8. The number of benzene rings is 2. The Morgan fingerprint density at radius 1 is 1.17 bits per heavy atom. The molecule has 5 rings (SSSR count). The highest BCUT2D eigenvalue weighted by Gasteiger charge is 2.40. The van der Waals surface area contributed by atoms with Gasteiger partial charge in [-0.25, -0.2) is 4.68 Å². The Bertz CT molecular complexity index is 1350. The van der Waals surface area contributed by atoms with E-state index in [2.05, 4.69) is 15.6 Å². The summed E-state index contributed by atoms with van der Waals surface area (Å²) in [5, 5.41) is 21.0. The second kappa shape index (κ2) is 8.76. The van der Waals surface area contributed by atoms with Crippen molar-refractivity contribution in [3.63, 3.8) is 0 Å². The number of primary amides is 1.